The summed E-state index contributed by atoms with van der Waals surface area (Å²) in [6.07, 6.45) is 9.31. The fraction of sp³-hybridized carbons (Fsp3) is 0.489. The molecular weight excluding hydrogens is 763 g/mol. The number of benzene rings is 2. The highest BCUT2D eigenvalue weighted by Crippen LogP contribution is 2.39. The average molecular weight is 822 g/mol. The van der Waals surface area contributed by atoms with E-state index in [1.807, 2.05) is 65.2 Å². The number of piperidine rings is 2. The molecule has 2 aromatic carbocycles. The molecule has 15 nitrogen and oxygen atoms in total. The highest BCUT2D eigenvalue weighted by Gasteiger charge is 2.31. The van der Waals surface area contributed by atoms with E-state index in [2.05, 4.69) is 70.5 Å². The van der Waals surface area contributed by atoms with Crippen LogP contribution >= 0.6 is 0 Å². The molecule has 15 heteroatoms. The Morgan fingerprint density at radius 3 is 2.45 bits per heavy atom. The monoisotopic (exact) mass is 821 g/mol. The summed E-state index contributed by atoms with van der Waals surface area (Å²) < 4.78 is 22.3. The molecule has 3 N–H and O–H groups in total. The van der Waals surface area contributed by atoms with Gasteiger partial charge in [-0.05, 0) is 87.3 Å². The average Bonchev–Trinajstić information content (AvgIpc) is 3.87. The Morgan fingerprint density at radius 1 is 0.917 bits per heavy atom. The number of ether oxygens (including phenoxy) is 3. The van der Waals surface area contributed by atoms with E-state index in [9.17, 15) is 4.79 Å². The molecule has 3 aromatic heterocycles. The van der Waals surface area contributed by atoms with Crippen LogP contribution in [0.25, 0.3) is 11.3 Å². The SMILES string of the molecule is COC1CCN(CCOc2cccc(-n3nc(C(C)(C)C)cc3NC(=O)N[C@H]3CC[C@@H](Oc4ccc5nnc(N6CCCC[C@@H]6C)n5c4)c4ccccc43)c2)CC1.O=CO. The zero-order valence-corrected chi connectivity index (χ0v) is 35.4. The zero-order valence-electron chi connectivity index (χ0n) is 35.4. The lowest BCUT2D eigenvalue weighted by Crippen LogP contribution is -2.38. The second-order valence-corrected chi connectivity index (χ2v) is 16.9. The number of methoxy groups -OCH3 is 1. The lowest BCUT2D eigenvalue weighted by molar-refractivity contribution is -0.122. The molecule has 5 heterocycles. The van der Waals surface area contributed by atoms with Gasteiger partial charge in [-0.3, -0.25) is 19.4 Å². The molecule has 2 aliphatic heterocycles. The number of likely N-dealkylation sites (tertiary alicyclic amines) is 1. The molecule has 0 unspecified atom stereocenters. The maximum atomic E-state index is 13.8. The number of carbonyl (C=O) groups excluding carboxylic acids is 1. The quantitative estimate of drug-likeness (QED) is 0.113. The number of amides is 2. The number of urea groups is 1. The van der Waals surface area contributed by atoms with Gasteiger partial charge in [0.25, 0.3) is 6.47 Å². The molecule has 5 aromatic rings. The molecule has 3 atom stereocenters. The van der Waals surface area contributed by atoms with Crippen molar-refractivity contribution in [3.05, 3.63) is 89.7 Å². The Morgan fingerprint density at radius 2 is 1.70 bits per heavy atom. The number of pyridine rings is 1. The van der Waals surface area contributed by atoms with E-state index < -0.39 is 0 Å². The van der Waals surface area contributed by atoms with Crippen LogP contribution in [-0.2, 0) is 14.9 Å². The Kier molecular flexibility index (Phi) is 13.5. The topological polar surface area (TPSA) is 161 Å². The second-order valence-electron chi connectivity index (χ2n) is 16.9. The number of anilines is 2. The van der Waals surface area contributed by atoms with Gasteiger partial charge in [-0.15, -0.1) is 10.2 Å². The van der Waals surface area contributed by atoms with Crippen molar-refractivity contribution in [2.45, 2.75) is 102 Å². The van der Waals surface area contributed by atoms with E-state index in [1.54, 1.807) is 11.8 Å². The summed E-state index contributed by atoms with van der Waals surface area (Å²) in [6.45, 7) is 12.8. The molecule has 2 saturated heterocycles. The summed E-state index contributed by atoms with van der Waals surface area (Å²) >= 11 is 0. The van der Waals surface area contributed by atoms with E-state index in [0.29, 0.717) is 24.6 Å². The van der Waals surface area contributed by atoms with Crippen LogP contribution in [0.3, 0.4) is 0 Å². The van der Waals surface area contributed by atoms with Crippen molar-refractivity contribution in [3.63, 3.8) is 0 Å². The first-order valence-electron chi connectivity index (χ1n) is 21.2. The number of aromatic nitrogens is 5. The van der Waals surface area contributed by atoms with Crippen LogP contribution in [-0.4, -0.2) is 98.9 Å². The van der Waals surface area contributed by atoms with Gasteiger partial charge in [0.15, 0.2) is 5.65 Å². The molecule has 0 bridgehead atoms. The van der Waals surface area contributed by atoms with Gasteiger partial charge in [0, 0.05) is 56.9 Å². The van der Waals surface area contributed by atoms with Gasteiger partial charge in [0.1, 0.15) is 30.0 Å². The summed E-state index contributed by atoms with van der Waals surface area (Å²) in [6, 6.07) is 22.0. The first-order valence-corrected chi connectivity index (χ1v) is 21.2. The number of nitrogens with one attached hydrogen (secondary N) is 2. The Labute approximate surface area is 352 Å². The van der Waals surface area contributed by atoms with Gasteiger partial charge in [0.05, 0.1) is 29.7 Å². The lowest BCUT2D eigenvalue weighted by atomic mass is 9.85. The third-order valence-corrected chi connectivity index (χ3v) is 11.8. The van der Waals surface area contributed by atoms with Gasteiger partial charge in [-0.2, -0.15) is 5.10 Å². The lowest BCUT2D eigenvalue weighted by Gasteiger charge is -2.33. The van der Waals surface area contributed by atoms with Crippen LogP contribution in [0.2, 0.25) is 0 Å². The van der Waals surface area contributed by atoms with Gasteiger partial charge in [0.2, 0.25) is 5.95 Å². The molecule has 60 heavy (non-hydrogen) atoms. The summed E-state index contributed by atoms with van der Waals surface area (Å²) in [4.78, 5) is 27.0. The van der Waals surface area contributed by atoms with Gasteiger partial charge < -0.3 is 29.5 Å². The summed E-state index contributed by atoms with van der Waals surface area (Å²) in [5.74, 6) is 2.97. The van der Waals surface area contributed by atoms with Crippen LogP contribution in [0, 0.1) is 0 Å². The fourth-order valence-corrected chi connectivity index (χ4v) is 8.42. The minimum atomic E-state index is -0.294. The molecular formula is C45H59N9O6. The van der Waals surface area contributed by atoms with Crippen LogP contribution < -0.4 is 25.0 Å². The Balaban J connectivity index is 0.00000176. The van der Waals surface area contributed by atoms with E-state index in [-0.39, 0.29) is 30.1 Å². The molecule has 2 amide bonds. The molecule has 8 rings (SSSR count). The number of carbonyl (C=O) groups is 2. The maximum Gasteiger partial charge on any atom is 0.320 e. The second kappa shape index (κ2) is 19.1. The first kappa shape index (κ1) is 42.5. The molecule has 0 radical (unpaired) electrons. The van der Waals surface area contributed by atoms with Gasteiger partial charge in [-0.25, -0.2) is 9.48 Å². The zero-order chi connectivity index (χ0) is 42.2. The van der Waals surface area contributed by atoms with Crippen molar-refractivity contribution in [3.8, 4) is 17.2 Å². The third kappa shape index (κ3) is 10.0. The fourth-order valence-electron chi connectivity index (χ4n) is 8.42. The van der Waals surface area contributed by atoms with Crippen molar-refractivity contribution in [1.82, 2.24) is 34.6 Å². The largest absolute Gasteiger partial charge is 0.492 e. The Hall–Kier alpha value is -5.67. The number of nitrogens with zero attached hydrogens (tertiary/aromatic N) is 7. The van der Waals surface area contributed by atoms with Crippen LogP contribution in [0.15, 0.2) is 72.9 Å². The minimum Gasteiger partial charge on any atom is -0.492 e. The van der Waals surface area contributed by atoms with Crippen LogP contribution in [0.1, 0.15) is 102 Å². The first-order chi connectivity index (χ1) is 29.0. The van der Waals surface area contributed by atoms with E-state index in [4.69, 9.17) is 29.2 Å². The highest BCUT2D eigenvalue weighted by molar-refractivity contribution is 5.89. The number of hydrogen-bond donors (Lipinski definition) is 3. The van der Waals surface area contributed by atoms with E-state index >= 15 is 0 Å². The molecule has 0 saturated carbocycles. The van der Waals surface area contributed by atoms with Crippen molar-refractivity contribution < 1.29 is 28.9 Å². The summed E-state index contributed by atoms with van der Waals surface area (Å²) in [5.41, 5.74) is 4.37. The summed E-state index contributed by atoms with van der Waals surface area (Å²) in [5, 5.41) is 27.3. The van der Waals surface area contributed by atoms with Crippen LogP contribution in [0.4, 0.5) is 16.6 Å². The number of fused-ring (bicyclic) bond motifs is 2. The smallest absolute Gasteiger partial charge is 0.320 e. The van der Waals surface area contributed by atoms with Crippen molar-refractivity contribution in [1.29, 1.82) is 0 Å². The number of rotatable bonds is 11. The molecule has 1 aliphatic carbocycles. The van der Waals surface area contributed by atoms with Gasteiger partial charge in [-0.1, -0.05) is 51.1 Å². The van der Waals surface area contributed by atoms with Crippen LogP contribution in [0.5, 0.6) is 11.5 Å². The van der Waals surface area contributed by atoms with E-state index in [1.165, 1.54) is 6.42 Å². The standard InChI is InChI=1S/C44H57N9O4.CH2O2/c1-30-11-8-9-22-51(30)43-48-47-40-19-16-34(29-52(40)43)57-38-18-17-37(35-14-6-7-15-36(35)38)45-42(54)46-41-28-39(44(2,3)4)49-53(41)31-12-10-13-33(27-31)56-26-25-50-23-20-32(55-5)21-24-50;2-1-3/h6-7,10,12-16,19,27-30,32,37-38H,8-9,11,17-18,20-26H2,1-5H3,(H2,45,46,54);1H,(H,2,3)/t30-,37-,38+;/m0./s1. The predicted molar refractivity (Wildman–Crippen MR) is 231 cm³/mol. The predicted octanol–water partition coefficient (Wildman–Crippen LogP) is 7.56. The molecule has 0 spiro atoms. The molecule has 2 fully saturated rings. The van der Waals surface area contributed by atoms with Crippen molar-refractivity contribution in [2.24, 2.45) is 0 Å². The number of carboxylic acid groups (broad SMARTS) is 1. The third-order valence-electron chi connectivity index (χ3n) is 11.8. The van der Waals surface area contributed by atoms with Crippen molar-refractivity contribution in [2.75, 3.05) is 50.1 Å². The summed E-state index contributed by atoms with van der Waals surface area (Å²) in [7, 11) is 1.79. The maximum absolute atomic E-state index is 13.8. The normalized spacial score (nSPS) is 19.8. The minimum absolute atomic E-state index is 0.165. The van der Waals surface area contributed by atoms with Gasteiger partial charge >= 0.3 is 6.03 Å². The Bertz CT molecular complexity index is 2210. The van der Waals surface area contributed by atoms with E-state index in [0.717, 1.165) is 110 Å². The van der Waals surface area contributed by atoms with Crippen molar-refractivity contribution >= 4 is 29.9 Å². The number of hydrogen-bond acceptors (Lipinski definition) is 10. The molecule has 3 aliphatic rings. The highest BCUT2D eigenvalue weighted by atomic mass is 16.5. The molecule has 320 valence electrons.